The average Bonchev–Trinajstić information content (AvgIpc) is 2.18. The van der Waals surface area contributed by atoms with Crippen LogP contribution >= 0.6 is 12.4 Å². The van der Waals surface area contributed by atoms with Gasteiger partial charge in [0.2, 0.25) is 5.75 Å². The molecule has 4 N–H and O–H groups in total. The number of alkyl halides is 3. The first-order chi connectivity index (χ1) is 8.11. The topological polar surface area (TPSA) is 110 Å². The van der Waals surface area contributed by atoms with Gasteiger partial charge in [-0.25, -0.2) is 0 Å². The van der Waals surface area contributed by atoms with Gasteiger partial charge in [0.05, 0.1) is 11.3 Å². The molecule has 0 heterocycles. The Hall–Kier alpha value is -1.74. The van der Waals surface area contributed by atoms with Crippen LogP contribution < -0.4 is 5.73 Å². The van der Waals surface area contributed by atoms with Crippen molar-refractivity contribution in [3.05, 3.63) is 27.8 Å². The lowest BCUT2D eigenvalue weighted by Crippen LogP contribution is -2.20. The molecule has 6 nitrogen and oxygen atoms in total. The third-order valence-corrected chi connectivity index (χ3v) is 2.17. The summed E-state index contributed by atoms with van der Waals surface area (Å²) in [6.45, 7) is 0. The number of aromatic hydroxyl groups is 2. The first kappa shape index (κ1) is 17.3. The first-order valence-electron chi connectivity index (χ1n) is 4.64. The Labute approximate surface area is 111 Å². The van der Waals surface area contributed by atoms with Crippen LogP contribution in [0.25, 0.3) is 0 Å². The molecule has 1 aromatic rings. The SMILES string of the molecule is Cl.N[C@@H](CC(F)(F)F)c1cc(O)c(O)c([N+](=O)[O-])c1. The summed E-state index contributed by atoms with van der Waals surface area (Å²) >= 11 is 0. The molecule has 0 aliphatic carbocycles. The molecule has 1 aromatic carbocycles. The molecule has 0 saturated heterocycles. The molecule has 0 fully saturated rings. The minimum Gasteiger partial charge on any atom is -0.504 e. The standard InChI is InChI=1S/C9H9F3N2O4.ClH/c10-9(11,12)3-5(13)4-1-6(14(17)18)8(16)7(15)2-4;/h1-2,5,15-16H,3,13H2;1H/t5-;/m0./s1. The lowest BCUT2D eigenvalue weighted by atomic mass is 10.0. The molecular weight excluding hydrogens is 293 g/mol. The van der Waals surface area contributed by atoms with Gasteiger partial charge in [0.15, 0.2) is 5.75 Å². The van der Waals surface area contributed by atoms with E-state index < -0.39 is 40.7 Å². The quantitative estimate of drug-likeness (QED) is 0.451. The van der Waals surface area contributed by atoms with E-state index in [-0.39, 0.29) is 18.0 Å². The van der Waals surface area contributed by atoms with E-state index in [2.05, 4.69) is 0 Å². The zero-order valence-corrected chi connectivity index (χ0v) is 10.0. The van der Waals surface area contributed by atoms with E-state index in [1.54, 1.807) is 0 Å². The summed E-state index contributed by atoms with van der Waals surface area (Å²) < 4.78 is 36.3. The molecule has 0 aliphatic rings. The molecule has 10 heteroatoms. The van der Waals surface area contributed by atoms with Gasteiger partial charge in [-0.15, -0.1) is 12.4 Å². The summed E-state index contributed by atoms with van der Waals surface area (Å²) in [4.78, 5) is 9.48. The van der Waals surface area contributed by atoms with E-state index in [0.717, 1.165) is 6.07 Å². The third-order valence-electron chi connectivity index (χ3n) is 2.17. The van der Waals surface area contributed by atoms with Gasteiger partial charge in [-0.05, 0) is 11.6 Å². The smallest absolute Gasteiger partial charge is 0.390 e. The highest BCUT2D eigenvalue weighted by Gasteiger charge is 2.32. The van der Waals surface area contributed by atoms with Crippen LogP contribution in [-0.2, 0) is 0 Å². The van der Waals surface area contributed by atoms with Crippen LogP contribution in [0.15, 0.2) is 12.1 Å². The lowest BCUT2D eigenvalue weighted by molar-refractivity contribution is -0.386. The minimum atomic E-state index is -4.54. The second kappa shape index (κ2) is 5.93. The Bertz CT molecular complexity index is 481. The van der Waals surface area contributed by atoms with Crippen molar-refractivity contribution in [1.82, 2.24) is 0 Å². The number of nitro groups is 1. The Balaban J connectivity index is 0.00000324. The maximum atomic E-state index is 12.1. The molecule has 1 atom stereocenters. The maximum Gasteiger partial charge on any atom is 0.390 e. The molecule has 0 saturated carbocycles. The number of nitro benzene ring substituents is 1. The number of phenols is 2. The van der Waals surface area contributed by atoms with Crippen LogP contribution in [-0.4, -0.2) is 21.3 Å². The van der Waals surface area contributed by atoms with Crippen LogP contribution in [0.4, 0.5) is 18.9 Å². The number of benzene rings is 1. The predicted octanol–water partition coefficient (Wildman–Crippen LogP) is 2.38. The summed E-state index contributed by atoms with van der Waals surface area (Å²) in [6.07, 6.45) is -5.93. The Morgan fingerprint density at radius 2 is 1.89 bits per heavy atom. The van der Waals surface area contributed by atoms with Crippen LogP contribution in [0.2, 0.25) is 0 Å². The third kappa shape index (κ3) is 4.45. The molecule has 0 unspecified atom stereocenters. The van der Waals surface area contributed by atoms with E-state index in [9.17, 15) is 28.4 Å². The van der Waals surface area contributed by atoms with Gasteiger partial charge in [-0.3, -0.25) is 10.1 Å². The van der Waals surface area contributed by atoms with E-state index in [1.165, 1.54) is 0 Å². The second-order valence-electron chi connectivity index (χ2n) is 3.59. The number of rotatable bonds is 3. The number of phenolic OH excluding ortho intramolecular Hbond substituents is 2. The predicted molar refractivity (Wildman–Crippen MR) is 61.3 cm³/mol. The van der Waals surface area contributed by atoms with Crippen molar-refractivity contribution in [1.29, 1.82) is 0 Å². The van der Waals surface area contributed by atoms with E-state index in [1.807, 2.05) is 0 Å². The van der Waals surface area contributed by atoms with Gasteiger partial charge in [0, 0.05) is 12.1 Å². The van der Waals surface area contributed by atoms with E-state index in [4.69, 9.17) is 10.8 Å². The molecule has 0 bridgehead atoms. The summed E-state index contributed by atoms with van der Waals surface area (Å²) in [5.74, 6) is -1.90. The fraction of sp³-hybridized carbons (Fsp3) is 0.333. The summed E-state index contributed by atoms with van der Waals surface area (Å²) in [6, 6.07) is -0.0975. The summed E-state index contributed by atoms with van der Waals surface area (Å²) in [5, 5.41) is 28.8. The van der Waals surface area contributed by atoms with Crippen LogP contribution in [0.5, 0.6) is 11.5 Å². The van der Waals surface area contributed by atoms with Gasteiger partial charge < -0.3 is 15.9 Å². The zero-order chi connectivity index (χ0) is 14.1. The number of halogens is 4. The van der Waals surface area contributed by atoms with Crippen LogP contribution in [0.3, 0.4) is 0 Å². The van der Waals surface area contributed by atoms with Crippen molar-refractivity contribution in [2.45, 2.75) is 18.6 Å². The van der Waals surface area contributed by atoms with E-state index in [0.29, 0.717) is 6.07 Å². The molecule has 0 amide bonds. The van der Waals surface area contributed by atoms with Crippen LogP contribution in [0, 0.1) is 10.1 Å². The van der Waals surface area contributed by atoms with Gasteiger partial charge in [-0.2, -0.15) is 13.2 Å². The van der Waals surface area contributed by atoms with Gasteiger partial charge in [-0.1, -0.05) is 0 Å². The maximum absolute atomic E-state index is 12.1. The van der Waals surface area contributed by atoms with Crippen LogP contribution in [0.1, 0.15) is 18.0 Å². The second-order valence-corrected chi connectivity index (χ2v) is 3.59. The van der Waals surface area contributed by atoms with E-state index >= 15 is 0 Å². The number of nitrogens with two attached hydrogens (primary N) is 1. The Kier molecular flexibility index (Phi) is 5.39. The van der Waals surface area contributed by atoms with Crippen molar-refractivity contribution in [2.75, 3.05) is 0 Å². The summed E-state index contributed by atoms with van der Waals surface area (Å²) in [5.41, 5.74) is 4.05. The number of nitrogens with zero attached hydrogens (tertiary/aromatic N) is 1. The van der Waals surface area contributed by atoms with Crippen molar-refractivity contribution >= 4 is 18.1 Å². The molecule has 0 spiro atoms. The molecule has 19 heavy (non-hydrogen) atoms. The minimum absolute atomic E-state index is 0. The highest BCUT2D eigenvalue weighted by atomic mass is 35.5. The van der Waals surface area contributed by atoms with Gasteiger partial charge in [0.1, 0.15) is 0 Å². The molecule has 108 valence electrons. The number of hydrogen-bond acceptors (Lipinski definition) is 5. The molecule has 0 aliphatic heterocycles. The molecule has 0 aromatic heterocycles. The highest BCUT2D eigenvalue weighted by Crippen LogP contribution is 2.39. The molecule has 0 radical (unpaired) electrons. The van der Waals surface area contributed by atoms with Crippen molar-refractivity contribution < 1.29 is 28.3 Å². The van der Waals surface area contributed by atoms with Crippen molar-refractivity contribution in [2.24, 2.45) is 5.73 Å². The zero-order valence-electron chi connectivity index (χ0n) is 9.22. The average molecular weight is 303 g/mol. The van der Waals surface area contributed by atoms with Crippen molar-refractivity contribution in [3.8, 4) is 11.5 Å². The van der Waals surface area contributed by atoms with Gasteiger partial charge >= 0.3 is 11.9 Å². The highest BCUT2D eigenvalue weighted by molar-refractivity contribution is 5.85. The first-order valence-corrected chi connectivity index (χ1v) is 4.64. The largest absolute Gasteiger partial charge is 0.504 e. The molecule has 1 rings (SSSR count). The normalized spacial score (nSPS) is 12.6. The lowest BCUT2D eigenvalue weighted by Gasteiger charge is -2.14. The Morgan fingerprint density at radius 1 is 1.37 bits per heavy atom. The Morgan fingerprint density at radius 3 is 2.32 bits per heavy atom. The monoisotopic (exact) mass is 302 g/mol. The van der Waals surface area contributed by atoms with Gasteiger partial charge in [0.25, 0.3) is 0 Å². The summed E-state index contributed by atoms with van der Waals surface area (Å²) in [7, 11) is 0. The fourth-order valence-corrected chi connectivity index (χ4v) is 1.35. The fourth-order valence-electron chi connectivity index (χ4n) is 1.35. The number of hydrogen-bond donors (Lipinski definition) is 3. The molecular formula is C9H10ClF3N2O4. The van der Waals surface area contributed by atoms with Crippen molar-refractivity contribution in [3.63, 3.8) is 0 Å².